The molecule has 0 radical (unpaired) electrons. The summed E-state index contributed by atoms with van der Waals surface area (Å²) in [5.41, 5.74) is 0.413. The third-order valence-electron chi connectivity index (χ3n) is 3.15. The van der Waals surface area contributed by atoms with Gasteiger partial charge in [0.2, 0.25) is 0 Å². The van der Waals surface area contributed by atoms with E-state index in [-0.39, 0.29) is 5.91 Å². The van der Waals surface area contributed by atoms with Crippen molar-refractivity contribution in [2.45, 2.75) is 33.6 Å². The van der Waals surface area contributed by atoms with Crippen molar-refractivity contribution in [3.8, 4) is 0 Å². The van der Waals surface area contributed by atoms with Gasteiger partial charge in [-0.25, -0.2) is 9.97 Å². The van der Waals surface area contributed by atoms with E-state index < -0.39 is 0 Å². The molecule has 1 rings (SSSR count). The normalized spacial score (nSPS) is 10.3. The number of rotatable bonds is 7. The molecule has 0 unspecified atom stereocenters. The highest BCUT2D eigenvalue weighted by Crippen LogP contribution is 2.09. The summed E-state index contributed by atoms with van der Waals surface area (Å²) in [6, 6.07) is 0. The van der Waals surface area contributed by atoms with Gasteiger partial charge < -0.3 is 9.80 Å². The first-order valence-electron chi connectivity index (χ1n) is 6.96. The monoisotopic (exact) mass is 264 g/mol. The van der Waals surface area contributed by atoms with Crippen molar-refractivity contribution in [1.29, 1.82) is 0 Å². The lowest BCUT2D eigenvalue weighted by Crippen LogP contribution is -2.31. The molecule has 5 heteroatoms. The van der Waals surface area contributed by atoms with Gasteiger partial charge in [-0.2, -0.15) is 0 Å². The number of amides is 1. The van der Waals surface area contributed by atoms with Gasteiger partial charge in [0.1, 0.15) is 11.5 Å². The van der Waals surface area contributed by atoms with E-state index in [2.05, 4.69) is 21.8 Å². The van der Waals surface area contributed by atoms with Gasteiger partial charge in [-0.1, -0.05) is 13.3 Å². The Hall–Kier alpha value is -1.65. The Morgan fingerprint density at radius 2 is 1.84 bits per heavy atom. The molecule has 0 aliphatic rings. The lowest BCUT2D eigenvalue weighted by atomic mass is 10.3. The molecule has 1 amide bonds. The predicted octanol–water partition coefficient (Wildman–Crippen LogP) is 2.19. The average Bonchev–Trinajstić information content (AvgIpc) is 2.46. The highest BCUT2D eigenvalue weighted by Gasteiger charge is 2.14. The SMILES string of the molecule is CCCCN(C)c1cnc(C(=O)N(CC)CC)cn1. The molecule has 0 saturated carbocycles. The van der Waals surface area contributed by atoms with E-state index in [0.29, 0.717) is 18.8 Å². The van der Waals surface area contributed by atoms with Crippen LogP contribution in [0.1, 0.15) is 44.1 Å². The van der Waals surface area contributed by atoms with Gasteiger partial charge in [0.25, 0.3) is 5.91 Å². The van der Waals surface area contributed by atoms with Gasteiger partial charge in [0.15, 0.2) is 0 Å². The van der Waals surface area contributed by atoms with Crippen LogP contribution in [-0.4, -0.2) is 47.5 Å². The number of hydrogen-bond acceptors (Lipinski definition) is 4. The Labute approximate surface area is 115 Å². The Bertz CT molecular complexity index is 387. The molecular formula is C14H24N4O. The maximum Gasteiger partial charge on any atom is 0.274 e. The molecule has 19 heavy (non-hydrogen) atoms. The summed E-state index contributed by atoms with van der Waals surface area (Å²) in [4.78, 5) is 24.4. The molecule has 0 aliphatic carbocycles. The van der Waals surface area contributed by atoms with Crippen LogP contribution in [0.4, 0.5) is 5.82 Å². The van der Waals surface area contributed by atoms with Gasteiger partial charge in [0.05, 0.1) is 12.4 Å². The Kier molecular flexibility index (Phi) is 6.25. The van der Waals surface area contributed by atoms with Crippen molar-refractivity contribution in [1.82, 2.24) is 14.9 Å². The number of hydrogen-bond donors (Lipinski definition) is 0. The predicted molar refractivity (Wildman–Crippen MR) is 77.5 cm³/mol. The van der Waals surface area contributed by atoms with Gasteiger partial charge in [-0.3, -0.25) is 4.79 Å². The maximum atomic E-state index is 12.1. The van der Waals surface area contributed by atoms with Crippen LogP contribution in [0, 0.1) is 0 Å². The minimum atomic E-state index is -0.0553. The molecule has 106 valence electrons. The Morgan fingerprint density at radius 3 is 2.32 bits per heavy atom. The Balaban J connectivity index is 2.73. The summed E-state index contributed by atoms with van der Waals surface area (Å²) in [7, 11) is 1.99. The minimum absolute atomic E-state index is 0.0553. The van der Waals surface area contributed by atoms with Gasteiger partial charge in [0, 0.05) is 26.7 Å². The number of anilines is 1. The molecule has 5 nitrogen and oxygen atoms in total. The second-order valence-corrected chi connectivity index (χ2v) is 4.51. The summed E-state index contributed by atoms with van der Waals surface area (Å²) in [5, 5.41) is 0. The summed E-state index contributed by atoms with van der Waals surface area (Å²) < 4.78 is 0. The molecule has 0 saturated heterocycles. The molecule has 0 spiro atoms. The average molecular weight is 264 g/mol. The number of unbranched alkanes of at least 4 members (excludes halogenated alkanes) is 1. The Morgan fingerprint density at radius 1 is 1.16 bits per heavy atom. The molecular weight excluding hydrogens is 240 g/mol. The molecule has 1 aromatic rings. The molecule has 0 bridgehead atoms. The molecule has 1 aromatic heterocycles. The van der Waals surface area contributed by atoms with E-state index in [0.717, 1.165) is 25.2 Å². The summed E-state index contributed by atoms with van der Waals surface area (Å²) >= 11 is 0. The van der Waals surface area contributed by atoms with Crippen LogP contribution in [0.3, 0.4) is 0 Å². The minimum Gasteiger partial charge on any atom is -0.358 e. The van der Waals surface area contributed by atoms with Crippen molar-refractivity contribution >= 4 is 11.7 Å². The van der Waals surface area contributed by atoms with E-state index >= 15 is 0 Å². The highest BCUT2D eigenvalue weighted by atomic mass is 16.2. The maximum absolute atomic E-state index is 12.1. The summed E-state index contributed by atoms with van der Waals surface area (Å²) in [5.74, 6) is 0.754. The quantitative estimate of drug-likeness (QED) is 0.757. The van der Waals surface area contributed by atoms with Crippen LogP contribution in [-0.2, 0) is 0 Å². The third kappa shape index (κ3) is 4.19. The number of carbonyl (C=O) groups is 1. The smallest absolute Gasteiger partial charge is 0.274 e. The molecule has 0 atom stereocenters. The number of nitrogens with zero attached hydrogens (tertiary/aromatic N) is 4. The van der Waals surface area contributed by atoms with Crippen molar-refractivity contribution in [3.05, 3.63) is 18.1 Å². The van der Waals surface area contributed by atoms with E-state index in [9.17, 15) is 4.79 Å². The zero-order chi connectivity index (χ0) is 14.3. The zero-order valence-electron chi connectivity index (χ0n) is 12.4. The van der Waals surface area contributed by atoms with Crippen LogP contribution in [0.15, 0.2) is 12.4 Å². The molecule has 0 fully saturated rings. The molecule has 0 N–H and O–H groups in total. The number of carbonyl (C=O) groups excluding carboxylic acids is 1. The molecule has 0 aromatic carbocycles. The van der Waals surface area contributed by atoms with E-state index in [4.69, 9.17) is 0 Å². The second kappa shape index (κ2) is 7.71. The van der Waals surface area contributed by atoms with E-state index in [1.807, 2.05) is 20.9 Å². The van der Waals surface area contributed by atoms with Crippen LogP contribution in [0.25, 0.3) is 0 Å². The first-order chi connectivity index (χ1) is 9.13. The van der Waals surface area contributed by atoms with Crippen molar-refractivity contribution < 1.29 is 4.79 Å². The standard InChI is InChI=1S/C14H24N4O/c1-5-8-9-17(4)13-11-15-12(10-16-13)14(19)18(6-2)7-3/h10-11H,5-9H2,1-4H3. The van der Waals surface area contributed by atoms with Crippen molar-refractivity contribution in [2.24, 2.45) is 0 Å². The first-order valence-corrected chi connectivity index (χ1v) is 6.96. The van der Waals surface area contributed by atoms with Crippen molar-refractivity contribution in [3.63, 3.8) is 0 Å². The molecule has 0 aliphatic heterocycles. The van der Waals surface area contributed by atoms with Crippen LogP contribution in [0.5, 0.6) is 0 Å². The summed E-state index contributed by atoms with van der Waals surface area (Å²) in [6.45, 7) is 8.41. The van der Waals surface area contributed by atoms with Gasteiger partial charge >= 0.3 is 0 Å². The van der Waals surface area contributed by atoms with Gasteiger partial charge in [-0.05, 0) is 20.3 Å². The summed E-state index contributed by atoms with van der Waals surface area (Å²) in [6.07, 6.45) is 5.51. The van der Waals surface area contributed by atoms with Crippen LogP contribution in [0.2, 0.25) is 0 Å². The topological polar surface area (TPSA) is 49.3 Å². The first kappa shape index (κ1) is 15.4. The van der Waals surface area contributed by atoms with E-state index in [1.54, 1.807) is 17.3 Å². The van der Waals surface area contributed by atoms with Crippen LogP contribution >= 0.6 is 0 Å². The largest absolute Gasteiger partial charge is 0.358 e. The van der Waals surface area contributed by atoms with Gasteiger partial charge in [-0.15, -0.1) is 0 Å². The zero-order valence-corrected chi connectivity index (χ0v) is 12.4. The lowest BCUT2D eigenvalue weighted by Gasteiger charge is -2.19. The third-order valence-corrected chi connectivity index (χ3v) is 3.15. The van der Waals surface area contributed by atoms with Crippen molar-refractivity contribution in [2.75, 3.05) is 31.6 Å². The highest BCUT2D eigenvalue weighted by molar-refractivity contribution is 5.92. The van der Waals surface area contributed by atoms with E-state index in [1.165, 1.54) is 0 Å². The fraction of sp³-hybridized carbons (Fsp3) is 0.643. The van der Waals surface area contributed by atoms with Crippen LogP contribution < -0.4 is 4.90 Å². The fourth-order valence-electron chi connectivity index (χ4n) is 1.81. The number of aromatic nitrogens is 2. The second-order valence-electron chi connectivity index (χ2n) is 4.51. The lowest BCUT2D eigenvalue weighted by molar-refractivity contribution is 0.0766. The molecule has 1 heterocycles. The fourth-order valence-corrected chi connectivity index (χ4v) is 1.81.